The Labute approximate surface area is 357 Å². The van der Waals surface area contributed by atoms with Crippen LogP contribution in [0.15, 0.2) is 96.2 Å². The number of nitrogens with zero attached hydrogens (tertiary/aromatic N) is 7. The lowest BCUT2D eigenvalue weighted by atomic mass is 9.88. The van der Waals surface area contributed by atoms with Crippen molar-refractivity contribution < 1.29 is 9.59 Å². The Hall–Kier alpha value is -6.68. The number of nitriles is 1. The van der Waals surface area contributed by atoms with Crippen molar-refractivity contribution >= 4 is 29.7 Å². The highest BCUT2D eigenvalue weighted by atomic mass is 16.2. The van der Waals surface area contributed by atoms with Crippen LogP contribution in [0.2, 0.25) is 0 Å². The van der Waals surface area contributed by atoms with Crippen LogP contribution in [0.1, 0.15) is 95.5 Å². The van der Waals surface area contributed by atoms with E-state index in [-0.39, 0.29) is 35.7 Å². The average Bonchev–Trinajstić information content (AvgIpc) is 4.23. The molecule has 3 aromatic heterocycles. The van der Waals surface area contributed by atoms with Gasteiger partial charge in [-0.3, -0.25) is 14.6 Å². The number of amides is 2. The molecule has 312 valence electrons. The van der Waals surface area contributed by atoms with Crippen LogP contribution in [-0.4, -0.2) is 61.7 Å². The fraction of sp³-hybridized carbons (Fsp3) is 0.375. The average molecular weight is 816 g/mol. The summed E-state index contributed by atoms with van der Waals surface area (Å²) in [6.45, 7) is 6.95. The minimum Gasteiger partial charge on any atom is -0.404 e. The van der Waals surface area contributed by atoms with Gasteiger partial charge in [-0.05, 0) is 117 Å². The van der Waals surface area contributed by atoms with Gasteiger partial charge in [0, 0.05) is 73.4 Å². The number of hydrogen-bond donors (Lipinski definition) is 4. The van der Waals surface area contributed by atoms with E-state index in [1.54, 1.807) is 30.7 Å². The quantitative estimate of drug-likeness (QED) is 0.0681. The molecule has 2 amide bonds. The second kappa shape index (κ2) is 17.1. The molecule has 3 atom stereocenters. The summed E-state index contributed by atoms with van der Waals surface area (Å²) in [7, 11) is 1.95. The molecule has 3 aliphatic carbocycles. The Morgan fingerprint density at radius 2 is 1.56 bits per heavy atom. The fourth-order valence-electron chi connectivity index (χ4n) is 8.23. The molecule has 5 N–H and O–H groups in total. The van der Waals surface area contributed by atoms with E-state index in [4.69, 9.17) is 25.7 Å². The molecule has 13 nitrogen and oxygen atoms in total. The maximum absolute atomic E-state index is 13.6. The Balaban J connectivity index is 0.975. The molecule has 61 heavy (non-hydrogen) atoms. The third-order valence-corrected chi connectivity index (χ3v) is 12.4. The van der Waals surface area contributed by atoms with Crippen LogP contribution in [-0.2, 0) is 7.05 Å². The zero-order valence-electron chi connectivity index (χ0n) is 35.3. The molecule has 3 unspecified atom stereocenters. The number of aliphatic imine (C=N–C) groups is 1. The van der Waals surface area contributed by atoms with Gasteiger partial charge in [-0.1, -0.05) is 37.6 Å². The van der Waals surface area contributed by atoms with Gasteiger partial charge >= 0.3 is 0 Å². The van der Waals surface area contributed by atoms with E-state index in [1.807, 2.05) is 86.5 Å². The van der Waals surface area contributed by atoms with Crippen LogP contribution in [0.3, 0.4) is 0 Å². The van der Waals surface area contributed by atoms with Crippen LogP contribution >= 0.6 is 0 Å². The molecule has 0 saturated heterocycles. The Morgan fingerprint density at radius 1 is 0.934 bits per heavy atom. The van der Waals surface area contributed by atoms with E-state index >= 15 is 0 Å². The monoisotopic (exact) mass is 815 g/mol. The van der Waals surface area contributed by atoms with E-state index in [9.17, 15) is 14.9 Å². The van der Waals surface area contributed by atoms with Crippen LogP contribution < -0.4 is 21.7 Å². The van der Waals surface area contributed by atoms with Crippen LogP contribution in [0.4, 0.5) is 11.6 Å². The molecule has 3 saturated carbocycles. The van der Waals surface area contributed by atoms with E-state index in [1.165, 1.54) is 12.8 Å². The van der Waals surface area contributed by atoms with E-state index in [2.05, 4.69) is 33.9 Å². The summed E-state index contributed by atoms with van der Waals surface area (Å²) in [6.07, 6.45) is 18.0. The predicted molar refractivity (Wildman–Crippen MR) is 237 cm³/mol. The first-order chi connectivity index (χ1) is 29.5. The molecule has 3 fully saturated rings. The van der Waals surface area contributed by atoms with Gasteiger partial charge in [0.1, 0.15) is 5.82 Å². The zero-order chi connectivity index (χ0) is 42.7. The molecule has 2 aromatic carbocycles. The maximum Gasteiger partial charge on any atom is 0.251 e. The number of aryl methyl sites for hydroxylation is 3. The summed E-state index contributed by atoms with van der Waals surface area (Å²) in [6, 6.07) is 19.5. The second-order valence-electron chi connectivity index (χ2n) is 17.2. The molecule has 0 aliphatic heterocycles. The van der Waals surface area contributed by atoms with Crippen molar-refractivity contribution in [1.82, 2.24) is 35.1 Å². The van der Waals surface area contributed by atoms with Gasteiger partial charge in [-0.25, -0.2) is 19.9 Å². The number of anilines is 2. The normalized spacial score (nSPS) is 19.5. The molecule has 0 spiro atoms. The highest BCUT2D eigenvalue weighted by Crippen LogP contribution is 2.60. The molecule has 3 aliphatic rings. The summed E-state index contributed by atoms with van der Waals surface area (Å²) in [5.74, 6) is -0.0235. The number of aromatic nitrogens is 5. The van der Waals surface area contributed by atoms with E-state index in [0.717, 1.165) is 70.6 Å². The Kier molecular flexibility index (Phi) is 11.5. The van der Waals surface area contributed by atoms with Crippen molar-refractivity contribution in [1.29, 1.82) is 5.26 Å². The lowest BCUT2D eigenvalue weighted by Crippen LogP contribution is -2.31. The van der Waals surface area contributed by atoms with E-state index < -0.39 is 11.3 Å². The first kappa shape index (κ1) is 41.1. The summed E-state index contributed by atoms with van der Waals surface area (Å²) in [5.41, 5.74) is 13.4. The number of benzene rings is 2. The van der Waals surface area contributed by atoms with Crippen LogP contribution in [0.25, 0.3) is 22.5 Å². The van der Waals surface area contributed by atoms with Crippen molar-refractivity contribution in [3.63, 3.8) is 0 Å². The first-order valence-corrected chi connectivity index (χ1v) is 21.2. The molecule has 8 rings (SSSR count). The predicted octanol–water partition coefficient (Wildman–Crippen LogP) is 7.73. The lowest BCUT2D eigenvalue weighted by Gasteiger charge is -2.20. The third-order valence-electron chi connectivity index (χ3n) is 12.4. The Morgan fingerprint density at radius 3 is 2.11 bits per heavy atom. The van der Waals surface area contributed by atoms with E-state index in [0.29, 0.717) is 35.9 Å². The highest BCUT2D eigenvalue weighted by Gasteiger charge is 2.60. The molecule has 13 heteroatoms. The minimum atomic E-state index is -0.873. The number of carbonyl (C=O) groups is 2. The third kappa shape index (κ3) is 9.23. The van der Waals surface area contributed by atoms with Crippen molar-refractivity contribution in [2.24, 2.45) is 34.5 Å². The topological polar surface area (TPSA) is 189 Å². The molecule has 0 radical (unpaired) electrons. The number of carbonyl (C=O) groups excluding carboxylic acids is 2. The number of rotatable bonds is 17. The highest BCUT2D eigenvalue weighted by molar-refractivity contribution is 5.95. The van der Waals surface area contributed by atoms with Crippen molar-refractivity contribution in [2.75, 3.05) is 18.4 Å². The van der Waals surface area contributed by atoms with Gasteiger partial charge in [0.15, 0.2) is 0 Å². The van der Waals surface area contributed by atoms with Gasteiger partial charge in [-0.15, -0.1) is 0 Å². The molecule has 5 aromatic rings. The van der Waals surface area contributed by atoms with Crippen molar-refractivity contribution in [3.05, 3.63) is 119 Å². The van der Waals surface area contributed by atoms with Gasteiger partial charge < -0.3 is 26.3 Å². The number of nitrogens with two attached hydrogens (primary N) is 1. The number of nitrogens with one attached hydrogen (secondary N) is 3. The summed E-state index contributed by atoms with van der Waals surface area (Å²) in [4.78, 5) is 50.5. The van der Waals surface area contributed by atoms with Gasteiger partial charge in [0.2, 0.25) is 5.95 Å². The number of allylic oxidation sites excluding steroid dienone is 1. The SMILES string of the molecule is CCCC1(CNC(=O)c2ccc(-c3nc(C(C(C=NC4CC4)=CN)C4CC4(C#N)CNC(=O)c4ccc(-c5nc(Nc6ccn(C)c6)ncc5C)cc4)ncc3C)cc2)CC1. The van der Waals surface area contributed by atoms with Gasteiger partial charge in [0.05, 0.1) is 40.5 Å². The summed E-state index contributed by atoms with van der Waals surface area (Å²) in [5, 5.41) is 20.1. The fourth-order valence-corrected chi connectivity index (χ4v) is 8.23. The molecule has 0 bridgehead atoms. The van der Waals surface area contributed by atoms with Crippen LogP contribution in [0.5, 0.6) is 0 Å². The molecular weight excluding hydrogens is 763 g/mol. The van der Waals surface area contributed by atoms with Crippen LogP contribution in [0, 0.1) is 41.9 Å². The standard InChI is InChI=1S/C48H53N11O2/c1-5-17-47(18-19-47)28-54-44(60)34-10-6-32(7-11-34)41-30(2)23-52-43(57-41)40(36(22-49)25-51-37-14-15-37)39-21-48(39,27-50)29-55-45(61)35-12-8-33(9-13-35)42-31(3)24-53-46(58-42)56-38-16-20-59(4)26-38/h6-13,16,20,22-26,37,39-40H,5,14-15,17-19,21,28-29,49H2,1-4H3,(H,54,60)(H,55,61)(H,53,56,58). The Bertz CT molecular complexity index is 2530. The van der Waals surface area contributed by atoms with Crippen molar-refractivity contribution in [3.8, 4) is 28.6 Å². The lowest BCUT2D eigenvalue weighted by molar-refractivity contribution is 0.0937. The largest absolute Gasteiger partial charge is 0.404 e. The molecule has 3 heterocycles. The number of hydrogen-bond acceptors (Lipinski definition) is 10. The van der Waals surface area contributed by atoms with Gasteiger partial charge in [-0.2, -0.15) is 5.26 Å². The minimum absolute atomic E-state index is 0.0733. The second-order valence-corrected chi connectivity index (χ2v) is 17.2. The van der Waals surface area contributed by atoms with Gasteiger partial charge in [0.25, 0.3) is 11.8 Å². The zero-order valence-corrected chi connectivity index (χ0v) is 35.3. The summed E-state index contributed by atoms with van der Waals surface area (Å²) < 4.78 is 1.94. The van der Waals surface area contributed by atoms with Crippen molar-refractivity contribution in [2.45, 2.75) is 77.7 Å². The maximum atomic E-state index is 13.6. The smallest absolute Gasteiger partial charge is 0.251 e. The molecular formula is C48H53N11O2. The first-order valence-electron chi connectivity index (χ1n) is 21.2. The summed E-state index contributed by atoms with van der Waals surface area (Å²) >= 11 is 0.